The van der Waals surface area contributed by atoms with E-state index in [1.165, 1.54) is 0 Å². The molecule has 8 nitrogen and oxygen atoms in total. The number of rotatable bonds is 15. The number of unbranched alkanes of at least 4 members (excludes halogenated alkanes) is 3. The highest BCUT2D eigenvalue weighted by Gasteiger charge is 2.25. The van der Waals surface area contributed by atoms with Gasteiger partial charge in [-0.05, 0) is 48.9 Å². The van der Waals surface area contributed by atoms with Gasteiger partial charge in [-0.2, -0.15) is 0 Å². The van der Waals surface area contributed by atoms with Gasteiger partial charge in [0.1, 0.15) is 12.1 Å². The van der Waals surface area contributed by atoms with Crippen LogP contribution in [0.1, 0.15) is 53.4 Å². The Morgan fingerprint density at radius 2 is 0.780 bits per heavy atom. The van der Waals surface area contributed by atoms with Gasteiger partial charge in [0.15, 0.2) is 0 Å². The van der Waals surface area contributed by atoms with Crippen LogP contribution in [0.25, 0.3) is 43.6 Å². The molecule has 8 heteroatoms. The number of fused-ring (bicyclic) bond motifs is 4. The van der Waals surface area contributed by atoms with E-state index < -0.39 is 0 Å². The minimum atomic E-state index is -0.384. The molecule has 0 spiro atoms. The number of carbonyl (C=O) groups excluding carboxylic acids is 2. The first kappa shape index (κ1) is 34.6. The van der Waals surface area contributed by atoms with Crippen LogP contribution in [0.5, 0.6) is 0 Å². The number of nitrogens with zero attached hydrogens (tertiary/aromatic N) is 2. The topological polar surface area (TPSA) is 108 Å². The molecule has 6 aromatic rings. The molecule has 0 aliphatic heterocycles. The summed E-state index contributed by atoms with van der Waals surface area (Å²) in [6, 6.07) is 31.5. The summed E-state index contributed by atoms with van der Waals surface area (Å²) >= 11 is 0. The van der Waals surface area contributed by atoms with Crippen LogP contribution in [0.3, 0.4) is 0 Å². The Labute approximate surface area is 294 Å². The average Bonchev–Trinajstić information content (AvgIpc) is 3.12. The molecule has 0 aliphatic rings. The fraction of sp³-hybridized carbons (Fsp3) is 0.333. The zero-order chi connectivity index (χ0) is 35.0. The monoisotopic (exact) mass is 668 g/mol. The summed E-state index contributed by atoms with van der Waals surface area (Å²) in [7, 11) is 0. The van der Waals surface area contributed by atoms with Gasteiger partial charge in [0, 0.05) is 34.6 Å². The summed E-state index contributed by atoms with van der Waals surface area (Å²) in [4.78, 5) is 36.5. The predicted octanol–water partition coefficient (Wildman–Crippen LogP) is 8.46. The van der Waals surface area contributed by atoms with Crippen LogP contribution >= 0.6 is 0 Å². The van der Waals surface area contributed by atoms with Crippen LogP contribution in [0, 0.1) is 11.8 Å². The lowest BCUT2D eigenvalue weighted by molar-refractivity contribution is -0.123. The highest BCUT2D eigenvalue weighted by atomic mass is 16.2. The molecule has 258 valence electrons. The molecule has 0 aliphatic carbocycles. The van der Waals surface area contributed by atoms with Crippen LogP contribution in [-0.2, 0) is 9.59 Å². The van der Waals surface area contributed by atoms with E-state index in [2.05, 4.69) is 73.2 Å². The first-order valence-electron chi connectivity index (χ1n) is 17.9. The molecule has 2 atom stereocenters. The molecule has 2 aromatic heterocycles. The van der Waals surface area contributed by atoms with Crippen molar-refractivity contribution >= 4 is 66.8 Å². The van der Waals surface area contributed by atoms with Gasteiger partial charge >= 0.3 is 0 Å². The number of amides is 2. The summed E-state index contributed by atoms with van der Waals surface area (Å²) in [5, 5.41) is 17.5. The zero-order valence-electron chi connectivity index (χ0n) is 29.5. The lowest BCUT2D eigenvalue weighted by Crippen LogP contribution is -2.43. The van der Waals surface area contributed by atoms with Gasteiger partial charge < -0.3 is 21.3 Å². The van der Waals surface area contributed by atoms with Gasteiger partial charge in [0.2, 0.25) is 11.8 Å². The highest BCUT2D eigenvalue weighted by Crippen LogP contribution is 2.33. The molecule has 0 saturated heterocycles. The van der Waals surface area contributed by atoms with Crippen molar-refractivity contribution in [1.29, 1.82) is 0 Å². The molecule has 0 fully saturated rings. The van der Waals surface area contributed by atoms with Crippen molar-refractivity contribution in [2.75, 3.05) is 23.7 Å². The molecule has 0 unspecified atom stereocenters. The zero-order valence-corrected chi connectivity index (χ0v) is 29.5. The first-order chi connectivity index (χ1) is 24.3. The summed E-state index contributed by atoms with van der Waals surface area (Å²) in [6.45, 7) is 9.49. The molecule has 0 saturated carbocycles. The van der Waals surface area contributed by atoms with Crippen molar-refractivity contribution in [3.8, 4) is 0 Å². The largest absolute Gasteiger partial charge is 0.372 e. The quantitative estimate of drug-likeness (QED) is 0.0646. The van der Waals surface area contributed by atoms with Crippen molar-refractivity contribution in [2.24, 2.45) is 11.8 Å². The number of hydrogen-bond acceptors (Lipinski definition) is 6. The third kappa shape index (κ3) is 7.80. The van der Waals surface area contributed by atoms with Crippen LogP contribution in [0.4, 0.5) is 11.4 Å². The summed E-state index contributed by atoms with van der Waals surface area (Å²) < 4.78 is 0. The number of aromatic nitrogens is 2. The van der Waals surface area contributed by atoms with Gasteiger partial charge in [-0.25, -0.2) is 9.97 Å². The number of nitrogens with one attached hydrogen (secondary N) is 4. The Hall–Kier alpha value is -5.24. The van der Waals surface area contributed by atoms with E-state index in [9.17, 15) is 9.59 Å². The van der Waals surface area contributed by atoms with Crippen molar-refractivity contribution in [1.82, 2.24) is 20.6 Å². The molecule has 6 rings (SSSR count). The Kier molecular flexibility index (Phi) is 11.1. The SMILES string of the molecule is CC(C)[C@H](Nc1c2ccccc2nc2ccccc12)C(=O)NCCCCCCNC(=O)[C@@H](Nc1c2ccccc2nc2ccccc12)C(C)C. The second kappa shape index (κ2) is 16.0. The van der Waals surface area contributed by atoms with E-state index in [0.29, 0.717) is 13.1 Å². The Morgan fingerprint density at radius 1 is 0.480 bits per heavy atom. The smallest absolute Gasteiger partial charge is 0.242 e. The van der Waals surface area contributed by atoms with Gasteiger partial charge in [-0.1, -0.05) is 113 Å². The van der Waals surface area contributed by atoms with Crippen LogP contribution in [0.15, 0.2) is 97.1 Å². The minimum absolute atomic E-state index is 0.000723. The van der Waals surface area contributed by atoms with Crippen molar-refractivity contribution in [2.45, 2.75) is 65.5 Å². The number of hydrogen-bond donors (Lipinski definition) is 4. The average molecular weight is 669 g/mol. The number of anilines is 2. The molecule has 50 heavy (non-hydrogen) atoms. The molecule has 2 heterocycles. The molecule has 4 aromatic carbocycles. The molecular formula is C42H48N6O2. The minimum Gasteiger partial charge on any atom is -0.372 e. The third-order valence-corrected chi connectivity index (χ3v) is 9.38. The second-order valence-corrected chi connectivity index (χ2v) is 13.8. The van der Waals surface area contributed by atoms with Crippen molar-refractivity contribution in [3.05, 3.63) is 97.1 Å². The van der Waals surface area contributed by atoms with Gasteiger partial charge in [-0.3, -0.25) is 9.59 Å². The second-order valence-electron chi connectivity index (χ2n) is 13.8. The third-order valence-electron chi connectivity index (χ3n) is 9.38. The lowest BCUT2D eigenvalue weighted by atomic mass is 10.0. The summed E-state index contributed by atoms with van der Waals surface area (Å²) in [6.07, 6.45) is 3.70. The van der Waals surface area contributed by atoms with Crippen molar-refractivity contribution < 1.29 is 9.59 Å². The van der Waals surface area contributed by atoms with Crippen LogP contribution in [-0.4, -0.2) is 47.0 Å². The molecule has 4 N–H and O–H groups in total. The normalized spacial score (nSPS) is 12.8. The Bertz CT molecular complexity index is 1850. The van der Waals surface area contributed by atoms with Crippen LogP contribution in [0.2, 0.25) is 0 Å². The predicted molar refractivity (Wildman–Crippen MR) is 207 cm³/mol. The number of para-hydroxylation sites is 4. The maximum atomic E-state index is 13.4. The maximum Gasteiger partial charge on any atom is 0.242 e. The standard InChI is InChI=1S/C42H48N6O2/c1-27(2)37(47-39-29-17-7-11-21-33(29)45-34-22-12-8-18-30(34)39)41(49)43-25-15-5-6-16-26-44-42(50)38(28(3)4)48-40-31-19-9-13-23-35(31)46-36-24-14-10-20-32(36)40/h7-14,17-24,27-28,37-38H,5-6,15-16,25-26H2,1-4H3,(H,43,49)(H,44,50)(H,45,47)(H,46,48)/t37-,38-/m0/s1. The summed E-state index contributed by atoms with van der Waals surface area (Å²) in [5.74, 6) is 0.173. The van der Waals surface area contributed by atoms with E-state index >= 15 is 0 Å². The van der Waals surface area contributed by atoms with Crippen LogP contribution < -0.4 is 21.3 Å². The molecule has 0 bridgehead atoms. The molecule has 0 radical (unpaired) electrons. The van der Waals surface area contributed by atoms with E-state index in [1.54, 1.807) is 0 Å². The van der Waals surface area contributed by atoms with Gasteiger partial charge in [0.05, 0.1) is 33.4 Å². The fourth-order valence-electron chi connectivity index (χ4n) is 6.62. The molecule has 2 amide bonds. The number of pyridine rings is 2. The Balaban J connectivity index is 0.978. The van der Waals surface area contributed by atoms with Gasteiger partial charge in [0.25, 0.3) is 0 Å². The number of benzene rings is 4. The van der Waals surface area contributed by atoms with E-state index in [4.69, 9.17) is 9.97 Å². The highest BCUT2D eigenvalue weighted by molar-refractivity contribution is 6.09. The Morgan fingerprint density at radius 3 is 1.08 bits per heavy atom. The fourth-order valence-corrected chi connectivity index (χ4v) is 6.62. The first-order valence-corrected chi connectivity index (χ1v) is 17.9. The number of carbonyl (C=O) groups is 2. The van der Waals surface area contributed by atoms with E-state index in [0.717, 1.165) is 80.7 Å². The lowest BCUT2D eigenvalue weighted by Gasteiger charge is -2.25. The van der Waals surface area contributed by atoms with E-state index in [1.807, 2.05) is 72.8 Å². The summed E-state index contributed by atoms with van der Waals surface area (Å²) in [5.41, 5.74) is 5.50. The molecular weight excluding hydrogens is 621 g/mol. The van der Waals surface area contributed by atoms with E-state index in [-0.39, 0.29) is 35.7 Å². The maximum absolute atomic E-state index is 13.4. The van der Waals surface area contributed by atoms with Crippen molar-refractivity contribution in [3.63, 3.8) is 0 Å². The van der Waals surface area contributed by atoms with Gasteiger partial charge in [-0.15, -0.1) is 0 Å².